The van der Waals surface area contributed by atoms with Crippen LogP contribution >= 0.6 is 0 Å². The fourth-order valence-electron chi connectivity index (χ4n) is 4.69. The highest BCUT2D eigenvalue weighted by Gasteiger charge is 2.65. The van der Waals surface area contributed by atoms with Crippen molar-refractivity contribution in [3.05, 3.63) is 23.2 Å². The van der Waals surface area contributed by atoms with Crippen LogP contribution in [0.25, 0.3) is 0 Å². The molecule has 0 amide bonds. The molecule has 1 spiro atoms. The molecule has 4 heteroatoms. The van der Waals surface area contributed by atoms with Crippen molar-refractivity contribution in [2.75, 3.05) is 20.6 Å². The molecule has 2 aliphatic heterocycles. The van der Waals surface area contributed by atoms with E-state index in [9.17, 15) is 6.17 Å². The number of likely N-dealkylation sites (tertiary alicyclic amines) is 1. The zero-order chi connectivity index (χ0) is 22.0. The number of Topliss-reactive ketones (excluding diaryl/α,β-unsaturated/α-hetero) is 1. The Labute approximate surface area is 141 Å². The lowest BCUT2D eigenvalue weighted by Gasteiger charge is -2.57. The highest BCUT2D eigenvalue weighted by molar-refractivity contribution is 5.89. The number of hydrogen-bond donors (Lipinski definition) is 0. The molecule has 1 aromatic carbocycles. The molecule has 2 fully saturated rings. The molecule has 2 aliphatic carbocycles. The number of benzene rings is 1. The predicted octanol–water partition coefficient (Wildman–Crippen LogP) is 1.93. The summed E-state index contributed by atoms with van der Waals surface area (Å²) in [6, 6.07) is -2.01. The largest absolute Gasteiger partial charge is 0.493 e. The molecule has 5 rings (SSSR count). The summed E-state index contributed by atoms with van der Waals surface area (Å²) in [5, 5.41) is 0. The van der Waals surface area contributed by atoms with Gasteiger partial charge in [0.05, 0.1) is 13.9 Å². The van der Waals surface area contributed by atoms with Crippen molar-refractivity contribution in [2.45, 2.75) is 43.2 Å². The van der Waals surface area contributed by atoms with Crippen molar-refractivity contribution >= 4 is 5.78 Å². The standard InChI is InChI=1S/C18H21NO3/c1-19-8-7-18-11-4-5-13(20)17(18)22-16-14(21-2)6-3-10(15(16)18)9-12(11)19/h3,6,11-12,17H,4-5,7-9H2,1-2H3/t11-,12+,17?,18-/m0/s1/i2D3,3D,6D,9D2,11D. The van der Waals surface area contributed by atoms with E-state index >= 15 is 0 Å². The Kier molecular flexibility index (Phi) is 1.35. The molecule has 4 aliphatic rings. The number of carbonyl (C=O) groups is 1. The van der Waals surface area contributed by atoms with Crippen LogP contribution in [0, 0.1) is 5.89 Å². The number of nitrogens with zero attached hydrogens (tertiary/aromatic N) is 1. The molecule has 1 unspecified atom stereocenters. The summed E-state index contributed by atoms with van der Waals surface area (Å²) in [6.07, 6.45) is -2.72. The maximum atomic E-state index is 12.9. The minimum atomic E-state index is -2.92. The lowest BCUT2D eigenvalue weighted by atomic mass is 9.52. The van der Waals surface area contributed by atoms with Crippen molar-refractivity contribution in [2.24, 2.45) is 5.89 Å². The summed E-state index contributed by atoms with van der Waals surface area (Å²) in [6.45, 7) is 0.419. The van der Waals surface area contributed by atoms with Crippen LogP contribution in [0.4, 0.5) is 0 Å². The average molecular weight is 307 g/mol. The van der Waals surface area contributed by atoms with Crippen LogP contribution in [-0.4, -0.2) is 43.5 Å². The predicted molar refractivity (Wildman–Crippen MR) is 81.6 cm³/mol. The van der Waals surface area contributed by atoms with Gasteiger partial charge in [-0.15, -0.1) is 0 Å². The number of carbonyl (C=O) groups excluding carboxylic acids is 1. The fourth-order valence-corrected chi connectivity index (χ4v) is 4.69. The Balaban J connectivity index is 1.93. The highest BCUT2D eigenvalue weighted by Crippen LogP contribution is 2.62. The Morgan fingerprint density at radius 1 is 1.64 bits per heavy atom. The van der Waals surface area contributed by atoms with Gasteiger partial charge in [-0.3, -0.25) is 4.79 Å². The molecule has 0 aromatic heterocycles. The van der Waals surface area contributed by atoms with Gasteiger partial charge in [0.15, 0.2) is 23.4 Å². The van der Waals surface area contributed by atoms with E-state index in [1.807, 2.05) is 0 Å². The van der Waals surface area contributed by atoms with E-state index < -0.39 is 54.7 Å². The van der Waals surface area contributed by atoms with Gasteiger partial charge in [0.2, 0.25) is 0 Å². The second kappa shape index (κ2) is 4.05. The maximum absolute atomic E-state index is 12.9. The highest BCUT2D eigenvalue weighted by atomic mass is 16.5. The SMILES string of the molecule is [2H]c1c([2H])c2c3c(c1OC([2H])([2H])[2H])OC1C(=O)CC[C@@]4([2H])[C@H](N(C)CC[C@]314)C2([2H])[2H]. The van der Waals surface area contributed by atoms with Gasteiger partial charge in [0.25, 0.3) is 0 Å². The van der Waals surface area contributed by atoms with Crippen molar-refractivity contribution in [3.63, 3.8) is 0 Å². The van der Waals surface area contributed by atoms with Gasteiger partial charge in [-0.05, 0) is 50.3 Å². The molecule has 1 saturated carbocycles. The maximum Gasteiger partial charge on any atom is 0.174 e. The molecule has 116 valence electrons. The summed E-state index contributed by atoms with van der Waals surface area (Å²) >= 11 is 0. The van der Waals surface area contributed by atoms with E-state index in [1.54, 1.807) is 11.9 Å². The summed E-state index contributed by atoms with van der Waals surface area (Å²) in [7, 11) is -1.19. The van der Waals surface area contributed by atoms with Gasteiger partial charge < -0.3 is 14.4 Å². The van der Waals surface area contributed by atoms with E-state index in [4.69, 9.17) is 19.1 Å². The van der Waals surface area contributed by atoms with Gasteiger partial charge >= 0.3 is 0 Å². The fraction of sp³-hybridized carbons (Fsp3) is 0.611. The van der Waals surface area contributed by atoms with Gasteiger partial charge in [-0.2, -0.15) is 0 Å². The van der Waals surface area contributed by atoms with Crippen molar-refractivity contribution in [1.29, 1.82) is 0 Å². The molecular weight excluding hydrogens is 278 g/mol. The minimum Gasteiger partial charge on any atom is -0.493 e. The van der Waals surface area contributed by atoms with E-state index in [0.717, 1.165) is 0 Å². The lowest BCUT2D eigenvalue weighted by Crippen LogP contribution is -2.65. The molecule has 0 N–H and O–H groups in total. The van der Waals surface area contributed by atoms with Crippen LogP contribution in [0.5, 0.6) is 11.5 Å². The van der Waals surface area contributed by atoms with Crippen LogP contribution < -0.4 is 9.47 Å². The number of piperidine rings is 1. The zero-order valence-corrected chi connectivity index (χ0v) is 12.2. The summed E-state index contributed by atoms with van der Waals surface area (Å²) < 4.78 is 77.6. The second-order valence-corrected chi connectivity index (χ2v) is 6.50. The third-order valence-electron chi connectivity index (χ3n) is 5.63. The Morgan fingerprint density at radius 3 is 3.41 bits per heavy atom. The summed E-state index contributed by atoms with van der Waals surface area (Å²) in [4.78, 5) is 14.7. The third kappa shape index (κ3) is 1.27. The molecule has 4 nitrogen and oxygen atoms in total. The van der Waals surface area contributed by atoms with Crippen LogP contribution in [0.2, 0.25) is 0 Å². The number of methoxy groups -OCH3 is 1. The lowest BCUT2D eigenvalue weighted by molar-refractivity contribution is -0.138. The van der Waals surface area contributed by atoms with Crippen LogP contribution in [0.15, 0.2) is 12.1 Å². The molecule has 2 bridgehead atoms. The van der Waals surface area contributed by atoms with Gasteiger partial charge in [-0.25, -0.2) is 0 Å². The van der Waals surface area contributed by atoms with E-state index in [1.165, 1.54) is 0 Å². The molecular formula is C18H21NO3. The van der Waals surface area contributed by atoms with Gasteiger partial charge in [0, 0.05) is 27.6 Å². The monoisotopic (exact) mass is 307 g/mol. The number of ketones is 1. The van der Waals surface area contributed by atoms with E-state index in [2.05, 4.69) is 0 Å². The van der Waals surface area contributed by atoms with E-state index in [0.29, 0.717) is 13.0 Å². The van der Waals surface area contributed by atoms with Gasteiger partial charge in [0.1, 0.15) is 0 Å². The molecule has 4 atom stereocenters. The number of rotatable bonds is 1. The first-order valence-electron chi connectivity index (χ1n) is 11.5. The van der Waals surface area contributed by atoms with Crippen LogP contribution in [0.3, 0.4) is 0 Å². The Hall–Kier alpha value is -1.55. The second-order valence-electron chi connectivity index (χ2n) is 6.50. The first-order valence-corrected chi connectivity index (χ1v) is 7.54. The molecule has 0 radical (unpaired) electrons. The zero-order valence-electron chi connectivity index (χ0n) is 20.2. The topological polar surface area (TPSA) is 38.8 Å². The number of ether oxygens (including phenoxy) is 2. The first kappa shape index (κ1) is 7.35. The van der Waals surface area contributed by atoms with Crippen molar-refractivity contribution in [3.8, 4) is 11.5 Å². The Bertz CT molecular complexity index is 995. The summed E-state index contributed by atoms with van der Waals surface area (Å²) in [5.74, 6) is -2.28. The quantitative estimate of drug-likeness (QED) is 0.795. The normalized spacial score (nSPS) is 50.0. The van der Waals surface area contributed by atoms with Crippen molar-refractivity contribution in [1.82, 2.24) is 4.90 Å². The molecule has 1 saturated heterocycles. The van der Waals surface area contributed by atoms with E-state index in [-0.39, 0.29) is 35.5 Å². The molecule has 22 heavy (non-hydrogen) atoms. The van der Waals surface area contributed by atoms with Gasteiger partial charge in [-0.1, -0.05) is 6.04 Å². The minimum absolute atomic E-state index is 0.0522. The van der Waals surface area contributed by atoms with Crippen molar-refractivity contribution < 1.29 is 25.2 Å². The average Bonchev–Trinajstić information content (AvgIpc) is 2.95. The first-order chi connectivity index (χ1) is 13.8. The number of hydrogen-bond acceptors (Lipinski definition) is 4. The smallest absolute Gasteiger partial charge is 0.174 e. The number of likely N-dealkylation sites (N-methyl/N-ethyl adjacent to an activating group) is 1. The Morgan fingerprint density at radius 2 is 2.55 bits per heavy atom. The third-order valence-corrected chi connectivity index (χ3v) is 5.63. The van der Waals surface area contributed by atoms with Crippen LogP contribution in [0.1, 0.15) is 41.4 Å². The summed E-state index contributed by atoms with van der Waals surface area (Å²) in [5.41, 5.74) is -1.10. The molecule has 2 heterocycles. The van der Waals surface area contributed by atoms with Crippen LogP contribution in [-0.2, 0) is 16.6 Å². The molecule has 1 aromatic rings.